The van der Waals surface area contributed by atoms with Gasteiger partial charge in [-0.1, -0.05) is 32.1 Å². The molecule has 1 aliphatic heterocycles. The molecule has 2 fully saturated rings. The number of likely N-dealkylation sites (tertiary alicyclic amines) is 1. The number of amides is 1. The highest BCUT2D eigenvalue weighted by molar-refractivity contribution is 5.85. The average molecular weight is 269 g/mol. The quantitative estimate of drug-likeness (QED) is 0.794. The van der Waals surface area contributed by atoms with Crippen LogP contribution in [0.5, 0.6) is 0 Å². The third kappa shape index (κ3) is 3.47. The van der Waals surface area contributed by atoms with Crippen molar-refractivity contribution in [1.29, 1.82) is 0 Å². The second-order valence-corrected chi connectivity index (χ2v) is 5.78. The van der Waals surface area contributed by atoms with Crippen LogP contribution < -0.4 is 0 Å². The number of rotatable bonds is 2. The number of carbonyl (C=O) groups excluding carboxylic acids is 1. The molecule has 2 N–H and O–H groups in total. The maximum Gasteiger partial charge on any atom is 0.326 e. The molecule has 0 aromatic carbocycles. The number of aliphatic hydroxyl groups is 1. The molecule has 2 aliphatic rings. The summed E-state index contributed by atoms with van der Waals surface area (Å²) in [7, 11) is 0. The number of aliphatic carboxylic acids is 1. The van der Waals surface area contributed by atoms with Gasteiger partial charge in [-0.3, -0.25) is 4.79 Å². The van der Waals surface area contributed by atoms with E-state index in [0.29, 0.717) is 0 Å². The van der Waals surface area contributed by atoms with E-state index in [1.165, 1.54) is 11.3 Å². The summed E-state index contributed by atoms with van der Waals surface area (Å²) in [5.41, 5.74) is 0. The highest BCUT2D eigenvalue weighted by Crippen LogP contribution is 2.27. The molecule has 5 nitrogen and oxygen atoms in total. The molecule has 0 radical (unpaired) electrons. The number of carboxylic acid groups (broad SMARTS) is 1. The van der Waals surface area contributed by atoms with E-state index in [1.54, 1.807) is 0 Å². The van der Waals surface area contributed by atoms with Gasteiger partial charge in [-0.15, -0.1) is 0 Å². The van der Waals surface area contributed by atoms with Crippen LogP contribution in [0, 0.1) is 5.92 Å². The minimum absolute atomic E-state index is 0.0487. The minimum atomic E-state index is -1.00. The second kappa shape index (κ2) is 6.37. The summed E-state index contributed by atoms with van der Waals surface area (Å²) >= 11 is 0. The summed E-state index contributed by atoms with van der Waals surface area (Å²) in [6.45, 7) is 0.173. The lowest BCUT2D eigenvalue weighted by Gasteiger charge is -2.27. The zero-order valence-corrected chi connectivity index (χ0v) is 11.3. The predicted molar refractivity (Wildman–Crippen MR) is 69.6 cm³/mol. The van der Waals surface area contributed by atoms with Gasteiger partial charge in [0.25, 0.3) is 0 Å². The highest BCUT2D eigenvalue weighted by atomic mass is 16.4. The normalized spacial score (nSPS) is 29.8. The lowest BCUT2D eigenvalue weighted by molar-refractivity contribution is -0.150. The van der Waals surface area contributed by atoms with E-state index in [1.807, 2.05) is 0 Å². The van der Waals surface area contributed by atoms with Gasteiger partial charge in [0.1, 0.15) is 6.04 Å². The van der Waals surface area contributed by atoms with Gasteiger partial charge >= 0.3 is 5.97 Å². The first-order valence-corrected chi connectivity index (χ1v) is 7.31. The molecule has 0 aromatic rings. The number of carboxylic acids is 1. The molecule has 5 heteroatoms. The number of aliphatic hydroxyl groups excluding tert-OH is 1. The van der Waals surface area contributed by atoms with Crippen molar-refractivity contribution in [2.75, 3.05) is 6.54 Å². The number of β-amino-alcohol motifs (C(OH)–C–C–N with tert-alkyl or cyclic N) is 1. The van der Waals surface area contributed by atoms with Crippen LogP contribution in [0.3, 0.4) is 0 Å². The summed E-state index contributed by atoms with van der Waals surface area (Å²) in [6.07, 6.45) is 6.84. The zero-order valence-electron chi connectivity index (χ0n) is 11.3. The predicted octanol–water partition coefficient (Wildman–Crippen LogP) is 1.39. The third-order valence-electron chi connectivity index (χ3n) is 4.30. The second-order valence-electron chi connectivity index (χ2n) is 5.78. The fourth-order valence-electron chi connectivity index (χ4n) is 3.23. The maximum atomic E-state index is 12.5. The smallest absolute Gasteiger partial charge is 0.326 e. The van der Waals surface area contributed by atoms with Crippen LogP contribution in [0.4, 0.5) is 0 Å². The molecule has 1 aliphatic carbocycles. The van der Waals surface area contributed by atoms with Gasteiger partial charge in [-0.2, -0.15) is 0 Å². The molecule has 0 spiro atoms. The molecule has 0 unspecified atom stereocenters. The summed E-state index contributed by atoms with van der Waals surface area (Å²) in [4.78, 5) is 25.0. The van der Waals surface area contributed by atoms with E-state index in [2.05, 4.69) is 0 Å². The van der Waals surface area contributed by atoms with Crippen molar-refractivity contribution in [2.24, 2.45) is 5.92 Å². The van der Waals surface area contributed by atoms with Gasteiger partial charge in [0.2, 0.25) is 5.91 Å². The summed E-state index contributed by atoms with van der Waals surface area (Å²) in [5, 5.41) is 18.8. The number of carbonyl (C=O) groups is 2. The van der Waals surface area contributed by atoms with Gasteiger partial charge in [-0.25, -0.2) is 4.79 Å². The van der Waals surface area contributed by atoms with Crippen LogP contribution in [0.2, 0.25) is 0 Å². The van der Waals surface area contributed by atoms with E-state index in [0.717, 1.165) is 38.5 Å². The van der Waals surface area contributed by atoms with Crippen molar-refractivity contribution in [3.8, 4) is 0 Å². The lowest BCUT2D eigenvalue weighted by atomic mass is 9.90. The molecule has 1 amide bonds. The van der Waals surface area contributed by atoms with Gasteiger partial charge in [0, 0.05) is 18.9 Å². The Hall–Kier alpha value is -1.10. The first kappa shape index (κ1) is 14.3. The molecule has 19 heavy (non-hydrogen) atoms. The van der Waals surface area contributed by atoms with Crippen molar-refractivity contribution in [1.82, 2.24) is 4.90 Å². The number of hydrogen-bond donors (Lipinski definition) is 2. The summed E-state index contributed by atoms with van der Waals surface area (Å²) in [5.74, 6) is -1.12. The third-order valence-corrected chi connectivity index (χ3v) is 4.30. The Bertz CT molecular complexity index is 336. The van der Waals surface area contributed by atoms with Crippen LogP contribution in [0.25, 0.3) is 0 Å². The molecular weight excluding hydrogens is 246 g/mol. The Morgan fingerprint density at radius 3 is 2.16 bits per heavy atom. The van der Waals surface area contributed by atoms with Crippen molar-refractivity contribution in [3.63, 3.8) is 0 Å². The zero-order chi connectivity index (χ0) is 13.8. The summed E-state index contributed by atoms with van der Waals surface area (Å²) < 4.78 is 0. The van der Waals surface area contributed by atoms with Crippen molar-refractivity contribution in [2.45, 2.75) is 63.5 Å². The monoisotopic (exact) mass is 269 g/mol. The first-order valence-electron chi connectivity index (χ1n) is 7.31. The standard InChI is InChI=1S/C14H23NO4/c16-11-8-12(14(18)19)15(9-11)13(17)10-6-4-2-1-3-5-7-10/h10-12,16H,1-9H2,(H,18,19)/t11-,12-/m0/s1. The van der Waals surface area contributed by atoms with Crippen LogP contribution in [-0.2, 0) is 9.59 Å². The van der Waals surface area contributed by atoms with Crippen LogP contribution in [0.1, 0.15) is 51.4 Å². The Labute approximate surface area is 113 Å². The van der Waals surface area contributed by atoms with E-state index < -0.39 is 18.1 Å². The van der Waals surface area contributed by atoms with Gasteiger partial charge in [0.15, 0.2) is 0 Å². The van der Waals surface area contributed by atoms with Crippen LogP contribution in [-0.4, -0.2) is 45.7 Å². The van der Waals surface area contributed by atoms with E-state index in [-0.39, 0.29) is 24.8 Å². The van der Waals surface area contributed by atoms with E-state index in [4.69, 9.17) is 5.11 Å². The molecule has 1 saturated heterocycles. The Balaban J connectivity index is 2.02. The lowest BCUT2D eigenvalue weighted by Crippen LogP contribution is -2.43. The summed E-state index contributed by atoms with van der Waals surface area (Å²) in [6, 6.07) is -0.840. The van der Waals surface area contributed by atoms with Crippen molar-refractivity contribution < 1.29 is 19.8 Å². The largest absolute Gasteiger partial charge is 0.480 e. The molecule has 108 valence electrons. The Morgan fingerprint density at radius 1 is 1.00 bits per heavy atom. The fraction of sp³-hybridized carbons (Fsp3) is 0.857. The topological polar surface area (TPSA) is 77.8 Å². The van der Waals surface area contributed by atoms with Gasteiger partial charge in [-0.05, 0) is 12.8 Å². The van der Waals surface area contributed by atoms with Crippen molar-refractivity contribution >= 4 is 11.9 Å². The molecule has 0 aromatic heterocycles. The molecule has 2 rings (SSSR count). The fourth-order valence-corrected chi connectivity index (χ4v) is 3.23. The van der Waals surface area contributed by atoms with Crippen LogP contribution >= 0.6 is 0 Å². The van der Waals surface area contributed by atoms with Crippen molar-refractivity contribution in [3.05, 3.63) is 0 Å². The maximum absolute atomic E-state index is 12.5. The molecule has 1 heterocycles. The van der Waals surface area contributed by atoms with E-state index >= 15 is 0 Å². The van der Waals surface area contributed by atoms with E-state index in [9.17, 15) is 14.7 Å². The number of nitrogens with zero attached hydrogens (tertiary/aromatic N) is 1. The first-order chi connectivity index (χ1) is 9.09. The SMILES string of the molecule is O=C(O)[C@@H]1C[C@H](O)CN1C(=O)C1CCCCCCC1. The average Bonchev–Trinajstić information content (AvgIpc) is 2.70. The molecule has 2 atom stereocenters. The molecule has 1 saturated carbocycles. The van der Waals surface area contributed by atoms with Gasteiger partial charge < -0.3 is 15.1 Å². The molecule has 0 bridgehead atoms. The van der Waals surface area contributed by atoms with Gasteiger partial charge in [0.05, 0.1) is 6.10 Å². The minimum Gasteiger partial charge on any atom is -0.480 e. The highest BCUT2D eigenvalue weighted by Gasteiger charge is 2.40. The Morgan fingerprint density at radius 2 is 1.58 bits per heavy atom. The van der Waals surface area contributed by atoms with Crippen LogP contribution in [0.15, 0.2) is 0 Å². The molecular formula is C14H23NO4. The number of hydrogen-bond acceptors (Lipinski definition) is 3. The Kier molecular flexibility index (Phi) is 4.80.